The number of methoxy groups -OCH3 is 1. The number of fused-ring (bicyclic) bond motifs is 3. The molecule has 0 spiro atoms. The van der Waals surface area contributed by atoms with Crippen molar-refractivity contribution in [3.05, 3.63) is 64.0 Å². The lowest BCUT2D eigenvalue weighted by molar-refractivity contribution is -0.148. The van der Waals surface area contributed by atoms with Crippen LogP contribution in [0.15, 0.2) is 51.7 Å². The minimum absolute atomic E-state index is 0.171. The van der Waals surface area contributed by atoms with E-state index in [1.54, 1.807) is 24.3 Å². The Morgan fingerprint density at radius 3 is 2.62 bits per heavy atom. The van der Waals surface area contributed by atoms with Crippen LogP contribution < -0.4 is 10.4 Å². The standard InChI is InChI=1S/C19H14O7/c1-24-19(23)17-14(9-6-7-11(20)12(21)8-9)15-16(26-17)10-4-2-3-5-13(10)25-18(15)22/h2-8,14,17,20-21H,1H3/t14-,17-/m0/s1. The van der Waals surface area contributed by atoms with Crippen LogP contribution in [-0.2, 0) is 9.53 Å². The number of benzene rings is 2. The molecule has 2 aromatic carbocycles. The molecule has 132 valence electrons. The summed E-state index contributed by atoms with van der Waals surface area (Å²) in [5, 5.41) is 19.9. The second-order valence-electron chi connectivity index (χ2n) is 5.92. The maximum Gasteiger partial charge on any atom is 0.348 e. The molecule has 26 heavy (non-hydrogen) atoms. The molecule has 7 nitrogen and oxygen atoms in total. The van der Waals surface area contributed by atoms with Crippen molar-refractivity contribution in [2.75, 3.05) is 7.11 Å². The van der Waals surface area contributed by atoms with Gasteiger partial charge in [-0.1, -0.05) is 18.2 Å². The fourth-order valence-electron chi connectivity index (χ4n) is 3.25. The van der Waals surface area contributed by atoms with Gasteiger partial charge in [0.1, 0.15) is 11.3 Å². The van der Waals surface area contributed by atoms with Crippen LogP contribution in [0.5, 0.6) is 17.2 Å². The molecule has 0 saturated carbocycles. The number of hydrogen-bond acceptors (Lipinski definition) is 7. The number of para-hydroxylation sites is 1. The normalized spacial score (nSPS) is 18.3. The minimum atomic E-state index is -1.12. The fourth-order valence-corrected chi connectivity index (χ4v) is 3.25. The first kappa shape index (κ1) is 16.0. The highest BCUT2D eigenvalue weighted by Gasteiger charge is 2.45. The first-order valence-corrected chi connectivity index (χ1v) is 7.83. The van der Waals surface area contributed by atoms with Gasteiger partial charge in [0.2, 0.25) is 6.10 Å². The monoisotopic (exact) mass is 354 g/mol. The molecule has 0 saturated heterocycles. The van der Waals surface area contributed by atoms with Crippen LogP contribution in [0.25, 0.3) is 11.0 Å². The van der Waals surface area contributed by atoms with E-state index in [2.05, 4.69) is 0 Å². The second kappa shape index (κ2) is 5.80. The lowest BCUT2D eigenvalue weighted by Gasteiger charge is -2.17. The SMILES string of the molecule is COC(=O)[C@H]1Oc2c(c(=O)oc3ccccc23)[C@@H]1c1ccc(O)c(O)c1. The molecule has 4 rings (SSSR count). The van der Waals surface area contributed by atoms with Gasteiger partial charge in [0.15, 0.2) is 11.5 Å². The van der Waals surface area contributed by atoms with Gasteiger partial charge in [-0.25, -0.2) is 9.59 Å². The van der Waals surface area contributed by atoms with E-state index in [0.717, 1.165) is 0 Å². The third-order valence-corrected chi connectivity index (χ3v) is 4.45. The number of ether oxygens (including phenoxy) is 2. The largest absolute Gasteiger partial charge is 0.504 e. The molecule has 0 fully saturated rings. The van der Waals surface area contributed by atoms with Crippen molar-refractivity contribution in [3.8, 4) is 17.2 Å². The summed E-state index contributed by atoms with van der Waals surface area (Å²) in [7, 11) is 1.22. The van der Waals surface area contributed by atoms with Gasteiger partial charge in [-0.05, 0) is 29.8 Å². The van der Waals surface area contributed by atoms with Crippen LogP contribution in [0.4, 0.5) is 0 Å². The Hall–Kier alpha value is -3.48. The van der Waals surface area contributed by atoms with Crippen LogP contribution in [0.2, 0.25) is 0 Å². The number of aromatic hydroxyl groups is 2. The Balaban J connectivity index is 1.99. The summed E-state index contributed by atoms with van der Waals surface area (Å²) in [6.07, 6.45) is -1.12. The van der Waals surface area contributed by atoms with E-state index in [-0.39, 0.29) is 22.8 Å². The Labute approximate surface area is 147 Å². The highest BCUT2D eigenvalue weighted by atomic mass is 16.6. The van der Waals surface area contributed by atoms with E-state index >= 15 is 0 Å². The van der Waals surface area contributed by atoms with Crippen molar-refractivity contribution < 1.29 is 28.9 Å². The molecule has 2 atom stereocenters. The number of carbonyl (C=O) groups is 1. The molecule has 2 heterocycles. The number of rotatable bonds is 2. The summed E-state index contributed by atoms with van der Waals surface area (Å²) in [6.45, 7) is 0. The van der Waals surface area contributed by atoms with Crippen LogP contribution in [0, 0.1) is 0 Å². The molecule has 0 amide bonds. The molecule has 1 aliphatic heterocycles. The third-order valence-electron chi connectivity index (χ3n) is 4.45. The maximum absolute atomic E-state index is 12.6. The van der Waals surface area contributed by atoms with Crippen LogP contribution in [0.1, 0.15) is 17.0 Å². The summed E-state index contributed by atoms with van der Waals surface area (Å²) in [5.41, 5.74) is 0.290. The van der Waals surface area contributed by atoms with Crippen molar-refractivity contribution in [1.29, 1.82) is 0 Å². The summed E-state index contributed by atoms with van der Waals surface area (Å²) < 4.78 is 16.0. The molecule has 1 aromatic heterocycles. The van der Waals surface area contributed by atoms with Crippen molar-refractivity contribution in [2.24, 2.45) is 0 Å². The third kappa shape index (κ3) is 2.28. The van der Waals surface area contributed by atoms with E-state index in [4.69, 9.17) is 13.9 Å². The Morgan fingerprint density at radius 1 is 1.12 bits per heavy atom. The zero-order valence-corrected chi connectivity index (χ0v) is 13.6. The Bertz CT molecular complexity index is 1080. The van der Waals surface area contributed by atoms with E-state index in [1.807, 2.05) is 0 Å². The van der Waals surface area contributed by atoms with Crippen molar-refractivity contribution >= 4 is 16.9 Å². The number of phenolic OH excluding ortho intramolecular Hbond substituents is 2. The summed E-state index contributed by atoms with van der Waals surface area (Å²) in [5.74, 6) is -1.94. The second-order valence-corrected chi connectivity index (χ2v) is 5.92. The Kier molecular flexibility index (Phi) is 3.57. The number of esters is 1. The van der Waals surface area contributed by atoms with E-state index < -0.39 is 23.6 Å². The molecule has 7 heteroatoms. The van der Waals surface area contributed by atoms with Crippen molar-refractivity contribution in [3.63, 3.8) is 0 Å². The molecule has 0 unspecified atom stereocenters. The van der Waals surface area contributed by atoms with Gasteiger partial charge in [0.05, 0.1) is 24.0 Å². The van der Waals surface area contributed by atoms with E-state index in [0.29, 0.717) is 16.5 Å². The molecule has 1 aliphatic rings. The molecule has 0 radical (unpaired) electrons. The molecular weight excluding hydrogens is 340 g/mol. The average molecular weight is 354 g/mol. The zero-order chi connectivity index (χ0) is 18.4. The van der Waals surface area contributed by atoms with E-state index in [9.17, 15) is 19.8 Å². The van der Waals surface area contributed by atoms with Crippen LogP contribution in [-0.4, -0.2) is 29.4 Å². The summed E-state index contributed by atoms with van der Waals surface area (Å²) in [6, 6.07) is 10.9. The molecule has 0 bridgehead atoms. The average Bonchev–Trinajstić information content (AvgIpc) is 3.05. The Morgan fingerprint density at radius 2 is 1.88 bits per heavy atom. The van der Waals surface area contributed by atoms with Gasteiger partial charge < -0.3 is 24.1 Å². The minimum Gasteiger partial charge on any atom is -0.504 e. The van der Waals surface area contributed by atoms with Gasteiger partial charge in [0.25, 0.3) is 0 Å². The predicted octanol–water partition coefficient (Wildman–Crippen LogP) is 2.27. The van der Waals surface area contributed by atoms with E-state index in [1.165, 1.54) is 25.3 Å². The fraction of sp³-hybridized carbons (Fsp3) is 0.158. The lowest BCUT2D eigenvalue weighted by atomic mass is 9.88. The van der Waals surface area contributed by atoms with Crippen molar-refractivity contribution in [2.45, 2.75) is 12.0 Å². The first-order chi connectivity index (χ1) is 12.5. The quantitative estimate of drug-likeness (QED) is 0.413. The van der Waals surface area contributed by atoms with Gasteiger partial charge in [-0.15, -0.1) is 0 Å². The highest BCUT2D eigenvalue weighted by molar-refractivity contribution is 5.88. The summed E-state index contributed by atoms with van der Waals surface area (Å²) in [4.78, 5) is 24.9. The number of carbonyl (C=O) groups excluding carboxylic acids is 1. The zero-order valence-electron chi connectivity index (χ0n) is 13.6. The van der Waals surface area contributed by atoms with Crippen molar-refractivity contribution in [1.82, 2.24) is 0 Å². The van der Waals surface area contributed by atoms with Gasteiger partial charge in [0, 0.05) is 0 Å². The molecule has 2 N–H and O–H groups in total. The number of hydrogen-bond donors (Lipinski definition) is 2. The topological polar surface area (TPSA) is 106 Å². The summed E-state index contributed by atoms with van der Waals surface area (Å²) >= 11 is 0. The number of phenols is 2. The van der Waals surface area contributed by atoms with Gasteiger partial charge in [-0.3, -0.25) is 0 Å². The first-order valence-electron chi connectivity index (χ1n) is 7.83. The van der Waals surface area contributed by atoms with Gasteiger partial charge in [-0.2, -0.15) is 0 Å². The molecule has 0 aliphatic carbocycles. The predicted molar refractivity (Wildman–Crippen MR) is 90.5 cm³/mol. The highest BCUT2D eigenvalue weighted by Crippen LogP contribution is 2.45. The maximum atomic E-state index is 12.6. The molecular formula is C19H14O7. The van der Waals surface area contributed by atoms with Crippen LogP contribution in [0.3, 0.4) is 0 Å². The van der Waals surface area contributed by atoms with Crippen LogP contribution >= 0.6 is 0 Å². The van der Waals surface area contributed by atoms with Gasteiger partial charge >= 0.3 is 11.6 Å². The smallest absolute Gasteiger partial charge is 0.348 e. The molecule has 3 aromatic rings. The lowest BCUT2D eigenvalue weighted by Crippen LogP contribution is -2.31.